The molecule has 0 bridgehead atoms. The van der Waals surface area contributed by atoms with Crippen LogP contribution in [0.25, 0.3) is 0 Å². The lowest BCUT2D eigenvalue weighted by atomic mass is 9.89. The quantitative estimate of drug-likeness (QED) is 0.914. The van der Waals surface area contributed by atoms with Crippen molar-refractivity contribution in [2.45, 2.75) is 44.2 Å². The number of likely N-dealkylation sites (tertiary alicyclic amines) is 1. The molecule has 2 atom stereocenters. The Balaban J connectivity index is 1.85. The molecule has 21 heavy (non-hydrogen) atoms. The Labute approximate surface area is 125 Å². The fourth-order valence-electron chi connectivity index (χ4n) is 3.48. The summed E-state index contributed by atoms with van der Waals surface area (Å²) in [5, 5.41) is 3.57. The zero-order chi connectivity index (χ0) is 14.8. The van der Waals surface area contributed by atoms with Crippen molar-refractivity contribution in [3.8, 4) is 0 Å². The average Bonchev–Trinajstić information content (AvgIpc) is 3.28. The first-order chi connectivity index (χ1) is 10.1. The van der Waals surface area contributed by atoms with Gasteiger partial charge in [0.2, 0.25) is 0 Å². The lowest BCUT2D eigenvalue weighted by Crippen LogP contribution is -2.36. The highest BCUT2D eigenvalue weighted by atomic mass is 19.1. The highest BCUT2D eigenvalue weighted by Crippen LogP contribution is 2.36. The number of rotatable bonds is 4. The van der Waals surface area contributed by atoms with Crippen LogP contribution in [0.5, 0.6) is 0 Å². The van der Waals surface area contributed by atoms with E-state index in [1.54, 1.807) is 0 Å². The van der Waals surface area contributed by atoms with Gasteiger partial charge in [-0.3, -0.25) is 4.90 Å². The summed E-state index contributed by atoms with van der Waals surface area (Å²) >= 11 is 0. The fraction of sp³-hybridized carbons (Fsp3) is 0.647. The zero-order valence-electron chi connectivity index (χ0n) is 12.6. The molecule has 3 rings (SSSR count). The van der Waals surface area contributed by atoms with Gasteiger partial charge in [0.1, 0.15) is 11.6 Å². The number of halogens is 2. The van der Waals surface area contributed by atoms with Gasteiger partial charge in [-0.05, 0) is 63.4 Å². The maximum atomic E-state index is 14.2. The maximum absolute atomic E-state index is 14.2. The molecular weight excluding hydrogens is 270 g/mol. The van der Waals surface area contributed by atoms with Crippen LogP contribution < -0.4 is 5.32 Å². The van der Waals surface area contributed by atoms with Gasteiger partial charge < -0.3 is 5.32 Å². The van der Waals surface area contributed by atoms with Gasteiger partial charge in [0.15, 0.2) is 0 Å². The smallest absolute Gasteiger partial charge is 0.128 e. The van der Waals surface area contributed by atoms with Crippen molar-refractivity contribution < 1.29 is 8.78 Å². The molecule has 0 aromatic heterocycles. The Morgan fingerprint density at radius 3 is 2.76 bits per heavy atom. The van der Waals surface area contributed by atoms with Gasteiger partial charge in [-0.2, -0.15) is 0 Å². The summed E-state index contributed by atoms with van der Waals surface area (Å²) in [6, 6.07) is 4.46. The molecule has 2 nitrogen and oxygen atoms in total. The third kappa shape index (κ3) is 3.61. The Bertz CT molecular complexity index is 488. The third-order valence-electron chi connectivity index (χ3n) is 4.78. The summed E-state index contributed by atoms with van der Waals surface area (Å²) in [5.41, 5.74) is 0.516. The second-order valence-corrected chi connectivity index (χ2v) is 6.53. The number of benzene rings is 1. The van der Waals surface area contributed by atoms with Gasteiger partial charge in [-0.1, -0.05) is 6.42 Å². The fourth-order valence-corrected chi connectivity index (χ4v) is 3.48. The zero-order valence-corrected chi connectivity index (χ0v) is 12.6. The summed E-state index contributed by atoms with van der Waals surface area (Å²) in [5.74, 6) is -0.293. The van der Waals surface area contributed by atoms with Crippen molar-refractivity contribution in [2.75, 3.05) is 20.1 Å². The van der Waals surface area contributed by atoms with E-state index in [1.807, 2.05) is 7.05 Å². The van der Waals surface area contributed by atoms with Crippen LogP contribution in [0.1, 0.15) is 43.7 Å². The Hall–Kier alpha value is -1.00. The monoisotopic (exact) mass is 294 g/mol. The van der Waals surface area contributed by atoms with Gasteiger partial charge in [0, 0.05) is 24.2 Å². The molecule has 1 aliphatic heterocycles. The van der Waals surface area contributed by atoms with E-state index in [0.717, 1.165) is 32.4 Å². The Morgan fingerprint density at radius 2 is 2.00 bits per heavy atom. The largest absolute Gasteiger partial charge is 0.314 e. The van der Waals surface area contributed by atoms with Crippen molar-refractivity contribution in [1.29, 1.82) is 0 Å². The molecular formula is C17H24F2N2. The highest BCUT2D eigenvalue weighted by molar-refractivity contribution is 5.23. The molecule has 1 saturated carbocycles. The third-order valence-corrected chi connectivity index (χ3v) is 4.78. The minimum Gasteiger partial charge on any atom is -0.314 e. The van der Waals surface area contributed by atoms with Crippen LogP contribution in [-0.2, 0) is 0 Å². The summed E-state index contributed by atoms with van der Waals surface area (Å²) < 4.78 is 27.8. The van der Waals surface area contributed by atoms with Crippen molar-refractivity contribution in [1.82, 2.24) is 10.2 Å². The minimum atomic E-state index is -0.349. The van der Waals surface area contributed by atoms with Crippen LogP contribution in [-0.4, -0.2) is 31.1 Å². The molecule has 116 valence electrons. The van der Waals surface area contributed by atoms with E-state index >= 15 is 0 Å². The van der Waals surface area contributed by atoms with E-state index in [0.29, 0.717) is 17.5 Å². The van der Waals surface area contributed by atoms with Gasteiger partial charge in [0.25, 0.3) is 0 Å². The standard InChI is InChI=1S/C17H24F2N2/c1-21-9-3-2-4-12(11-20-14-6-7-14)17(21)15-10-13(18)5-8-16(15)19/h5,8,10,12,14,17,20H,2-4,6-7,9,11H2,1H3. The average molecular weight is 294 g/mol. The van der Waals surface area contributed by atoms with Gasteiger partial charge in [-0.15, -0.1) is 0 Å². The molecule has 1 aromatic rings. The van der Waals surface area contributed by atoms with Crippen LogP contribution in [0.2, 0.25) is 0 Å². The molecule has 1 aromatic carbocycles. The summed E-state index contributed by atoms with van der Waals surface area (Å²) in [6.45, 7) is 1.84. The van der Waals surface area contributed by atoms with Crippen LogP contribution in [0.15, 0.2) is 18.2 Å². The predicted molar refractivity (Wildman–Crippen MR) is 80.1 cm³/mol. The number of nitrogens with one attached hydrogen (secondary N) is 1. The molecule has 0 spiro atoms. The van der Waals surface area contributed by atoms with E-state index < -0.39 is 0 Å². The number of hydrogen-bond acceptors (Lipinski definition) is 2. The number of hydrogen-bond donors (Lipinski definition) is 1. The van der Waals surface area contributed by atoms with E-state index in [2.05, 4.69) is 10.2 Å². The van der Waals surface area contributed by atoms with Crippen LogP contribution in [0.4, 0.5) is 8.78 Å². The molecule has 2 aliphatic rings. The van der Waals surface area contributed by atoms with Crippen LogP contribution >= 0.6 is 0 Å². The van der Waals surface area contributed by atoms with E-state index in [9.17, 15) is 8.78 Å². The van der Waals surface area contributed by atoms with Crippen LogP contribution in [0, 0.1) is 17.6 Å². The molecule has 1 heterocycles. The van der Waals surface area contributed by atoms with Gasteiger partial charge >= 0.3 is 0 Å². The second-order valence-electron chi connectivity index (χ2n) is 6.53. The molecule has 1 aliphatic carbocycles. The predicted octanol–water partition coefficient (Wildman–Crippen LogP) is 3.49. The van der Waals surface area contributed by atoms with Crippen molar-refractivity contribution in [3.05, 3.63) is 35.4 Å². The Kier molecular flexibility index (Phi) is 4.55. The molecule has 0 radical (unpaired) electrons. The lowest BCUT2D eigenvalue weighted by molar-refractivity contribution is 0.184. The maximum Gasteiger partial charge on any atom is 0.128 e. The normalized spacial score (nSPS) is 27.6. The highest BCUT2D eigenvalue weighted by Gasteiger charge is 2.32. The Morgan fingerprint density at radius 1 is 1.19 bits per heavy atom. The van der Waals surface area contributed by atoms with Gasteiger partial charge in [-0.25, -0.2) is 8.78 Å². The summed E-state index contributed by atoms with van der Waals surface area (Å²) in [4.78, 5) is 2.20. The minimum absolute atomic E-state index is 0.0329. The first kappa shape index (κ1) is 14.9. The van der Waals surface area contributed by atoms with E-state index in [-0.39, 0.29) is 17.7 Å². The lowest BCUT2D eigenvalue weighted by Gasteiger charge is -2.33. The first-order valence-electron chi connectivity index (χ1n) is 8.03. The van der Waals surface area contributed by atoms with Crippen LogP contribution in [0.3, 0.4) is 0 Å². The van der Waals surface area contributed by atoms with Gasteiger partial charge in [0.05, 0.1) is 0 Å². The van der Waals surface area contributed by atoms with Crippen molar-refractivity contribution in [3.63, 3.8) is 0 Å². The van der Waals surface area contributed by atoms with Crippen molar-refractivity contribution in [2.24, 2.45) is 5.92 Å². The molecule has 2 unspecified atom stereocenters. The SMILES string of the molecule is CN1CCCCC(CNC2CC2)C1c1cc(F)ccc1F. The molecule has 2 fully saturated rings. The van der Waals surface area contributed by atoms with E-state index in [1.165, 1.54) is 31.0 Å². The summed E-state index contributed by atoms with van der Waals surface area (Å²) in [6.07, 6.45) is 5.87. The molecule has 1 N–H and O–H groups in total. The summed E-state index contributed by atoms with van der Waals surface area (Å²) in [7, 11) is 2.03. The second kappa shape index (κ2) is 6.41. The molecule has 0 amide bonds. The first-order valence-corrected chi connectivity index (χ1v) is 8.03. The molecule has 1 saturated heterocycles. The number of nitrogens with zero attached hydrogens (tertiary/aromatic N) is 1. The topological polar surface area (TPSA) is 15.3 Å². The molecule has 4 heteroatoms. The van der Waals surface area contributed by atoms with E-state index in [4.69, 9.17) is 0 Å². The van der Waals surface area contributed by atoms with Crippen molar-refractivity contribution >= 4 is 0 Å².